The molecule has 8 heteroatoms. The van der Waals surface area contributed by atoms with Gasteiger partial charge in [0.15, 0.2) is 0 Å². The van der Waals surface area contributed by atoms with Crippen LogP contribution < -0.4 is 10.6 Å². The zero-order valence-electron chi connectivity index (χ0n) is 15.4. The van der Waals surface area contributed by atoms with Crippen molar-refractivity contribution < 1.29 is 19.5 Å². The van der Waals surface area contributed by atoms with E-state index in [0.29, 0.717) is 36.6 Å². The number of nitrogens with zero attached hydrogens (tertiary/aromatic N) is 1. The van der Waals surface area contributed by atoms with Gasteiger partial charge in [-0.1, -0.05) is 6.07 Å². The number of amides is 3. The van der Waals surface area contributed by atoms with Crippen molar-refractivity contribution in [3.8, 4) is 5.75 Å². The van der Waals surface area contributed by atoms with Gasteiger partial charge >= 0.3 is 0 Å². The first-order valence-corrected chi connectivity index (χ1v) is 10.1. The van der Waals surface area contributed by atoms with Crippen molar-refractivity contribution in [2.45, 2.75) is 12.8 Å². The van der Waals surface area contributed by atoms with Crippen LogP contribution in [0.2, 0.25) is 0 Å². The first-order chi connectivity index (χ1) is 13.5. The summed E-state index contributed by atoms with van der Waals surface area (Å²) in [5, 5.41) is 16.7. The number of benzene rings is 1. The Bertz CT molecular complexity index is 820. The fourth-order valence-electron chi connectivity index (χ4n) is 3.15. The van der Waals surface area contributed by atoms with Gasteiger partial charge in [-0.05, 0) is 48.6 Å². The second-order valence-electron chi connectivity index (χ2n) is 6.66. The predicted octanol–water partition coefficient (Wildman–Crippen LogP) is 1.85. The molecular formula is C20H23N3O4S. The maximum atomic E-state index is 12.5. The summed E-state index contributed by atoms with van der Waals surface area (Å²) in [6.07, 6.45) is 1.55. The normalized spacial score (nSPS) is 16.4. The van der Waals surface area contributed by atoms with Gasteiger partial charge in [-0.3, -0.25) is 14.4 Å². The molecule has 7 nitrogen and oxygen atoms in total. The molecule has 0 bridgehead atoms. The van der Waals surface area contributed by atoms with E-state index in [0.717, 1.165) is 12.8 Å². The van der Waals surface area contributed by atoms with Crippen LogP contribution in [0.3, 0.4) is 0 Å². The van der Waals surface area contributed by atoms with Gasteiger partial charge < -0.3 is 20.6 Å². The molecule has 0 spiro atoms. The van der Waals surface area contributed by atoms with Crippen molar-refractivity contribution in [1.82, 2.24) is 15.5 Å². The predicted molar refractivity (Wildman–Crippen MR) is 106 cm³/mol. The summed E-state index contributed by atoms with van der Waals surface area (Å²) in [5.74, 6) is -0.510. The summed E-state index contributed by atoms with van der Waals surface area (Å²) >= 11 is 1.41. The molecular weight excluding hydrogens is 378 g/mol. The van der Waals surface area contributed by atoms with E-state index in [2.05, 4.69) is 10.6 Å². The Hall–Kier alpha value is -2.87. The molecule has 28 heavy (non-hydrogen) atoms. The molecule has 3 amide bonds. The van der Waals surface area contributed by atoms with Gasteiger partial charge in [-0.25, -0.2) is 0 Å². The highest BCUT2D eigenvalue weighted by Gasteiger charge is 2.29. The number of nitrogens with one attached hydrogen (secondary N) is 2. The number of aromatic hydroxyl groups is 1. The summed E-state index contributed by atoms with van der Waals surface area (Å²) in [6.45, 7) is 1.71. The van der Waals surface area contributed by atoms with Gasteiger partial charge in [-0.2, -0.15) is 0 Å². The number of hydrogen-bond acceptors (Lipinski definition) is 5. The van der Waals surface area contributed by atoms with Gasteiger partial charge in [0.05, 0.1) is 10.8 Å². The third-order valence-corrected chi connectivity index (χ3v) is 5.51. The Morgan fingerprint density at radius 1 is 1.11 bits per heavy atom. The summed E-state index contributed by atoms with van der Waals surface area (Å²) in [5.41, 5.74) is 0.444. The SMILES string of the molecule is O=C(NCCNC(=O)C1CCCN(C(=O)c2cccs2)C1)c1ccc(O)cc1. The Labute approximate surface area is 167 Å². The van der Waals surface area contributed by atoms with Crippen LogP contribution in [-0.4, -0.2) is 53.9 Å². The highest BCUT2D eigenvalue weighted by molar-refractivity contribution is 7.12. The molecule has 1 aromatic carbocycles. The number of carbonyl (C=O) groups is 3. The molecule has 1 aromatic heterocycles. The van der Waals surface area contributed by atoms with Crippen LogP contribution in [0.1, 0.15) is 32.9 Å². The minimum atomic E-state index is -0.264. The molecule has 1 aliphatic heterocycles. The Balaban J connectivity index is 1.41. The molecule has 1 fully saturated rings. The largest absolute Gasteiger partial charge is 0.508 e. The molecule has 3 N–H and O–H groups in total. The highest BCUT2D eigenvalue weighted by atomic mass is 32.1. The number of hydrogen-bond donors (Lipinski definition) is 3. The molecule has 0 aliphatic carbocycles. The minimum absolute atomic E-state index is 0.0198. The minimum Gasteiger partial charge on any atom is -0.508 e. The molecule has 0 saturated carbocycles. The van der Waals surface area contributed by atoms with Gasteiger partial charge in [-0.15, -0.1) is 11.3 Å². The first-order valence-electron chi connectivity index (χ1n) is 9.22. The van der Waals surface area contributed by atoms with Gasteiger partial charge in [0.25, 0.3) is 11.8 Å². The van der Waals surface area contributed by atoms with Crippen LogP contribution in [-0.2, 0) is 4.79 Å². The summed E-state index contributed by atoms with van der Waals surface area (Å²) < 4.78 is 0. The van der Waals surface area contributed by atoms with Gasteiger partial charge in [0.2, 0.25) is 5.91 Å². The number of carbonyl (C=O) groups excluding carboxylic acids is 3. The van der Waals surface area contributed by atoms with E-state index in [-0.39, 0.29) is 29.4 Å². The topological polar surface area (TPSA) is 98.7 Å². The highest BCUT2D eigenvalue weighted by Crippen LogP contribution is 2.20. The van der Waals surface area contributed by atoms with Crippen molar-refractivity contribution in [3.05, 3.63) is 52.2 Å². The third kappa shape index (κ3) is 5.10. The third-order valence-electron chi connectivity index (χ3n) is 4.65. The fraction of sp³-hybridized carbons (Fsp3) is 0.350. The van der Waals surface area contributed by atoms with Crippen molar-refractivity contribution in [2.24, 2.45) is 5.92 Å². The van der Waals surface area contributed by atoms with Crippen LogP contribution in [0.15, 0.2) is 41.8 Å². The Kier molecular flexibility index (Phi) is 6.65. The molecule has 2 aromatic rings. The smallest absolute Gasteiger partial charge is 0.263 e. The van der Waals surface area contributed by atoms with E-state index < -0.39 is 0 Å². The van der Waals surface area contributed by atoms with Crippen molar-refractivity contribution in [1.29, 1.82) is 0 Å². The lowest BCUT2D eigenvalue weighted by Crippen LogP contribution is -2.46. The zero-order valence-corrected chi connectivity index (χ0v) is 16.2. The number of thiophene rings is 1. The number of likely N-dealkylation sites (tertiary alicyclic amines) is 1. The quantitative estimate of drug-likeness (QED) is 0.644. The molecule has 1 saturated heterocycles. The van der Waals surface area contributed by atoms with Gasteiger partial charge in [0.1, 0.15) is 5.75 Å². The maximum absolute atomic E-state index is 12.5. The first kappa shape index (κ1) is 19.9. The monoisotopic (exact) mass is 401 g/mol. The maximum Gasteiger partial charge on any atom is 0.263 e. The van der Waals surface area contributed by atoms with Crippen molar-refractivity contribution in [2.75, 3.05) is 26.2 Å². The number of phenols is 1. The molecule has 2 heterocycles. The van der Waals surface area contributed by atoms with E-state index in [1.165, 1.54) is 35.6 Å². The Morgan fingerprint density at radius 3 is 2.57 bits per heavy atom. The van der Waals surface area contributed by atoms with Crippen LogP contribution in [0.25, 0.3) is 0 Å². The second-order valence-corrected chi connectivity index (χ2v) is 7.61. The van der Waals surface area contributed by atoms with Crippen LogP contribution in [0.4, 0.5) is 0 Å². The van der Waals surface area contributed by atoms with Crippen molar-refractivity contribution >= 4 is 29.1 Å². The summed E-state index contributed by atoms with van der Waals surface area (Å²) in [7, 11) is 0. The molecule has 1 aliphatic rings. The lowest BCUT2D eigenvalue weighted by atomic mass is 9.97. The Morgan fingerprint density at radius 2 is 1.86 bits per heavy atom. The fourth-order valence-corrected chi connectivity index (χ4v) is 3.84. The molecule has 0 radical (unpaired) electrons. The standard InChI is InChI=1S/C20H23N3O4S/c24-16-7-5-14(6-8-16)18(25)21-9-10-22-19(26)15-3-1-11-23(13-15)20(27)17-4-2-12-28-17/h2,4-8,12,15,24H,1,3,9-11,13H2,(H,21,25)(H,22,26). The van der Waals surface area contributed by atoms with E-state index in [1.54, 1.807) is 11.0 Å². The second kappa shape index (κ2) is 9.36. The number of piperidine rings is 1. The number of phenolic OH excluding ortho intramolecular Hbond substituents is 1. The van der Waals surface area contributed by atoms with Crippen LogP contribution in [0, 0.1) is 5.92 Å². The zero-order chi connectivity index (χ0) is 19.9. The lowest BCUT2D eigenvalue weighted by Gasteiger charge is -2.31. The molecule has 1 atom stereocenters. The molecule has 148 valence electrons. The van der Waals surface area contributed by atoms with Crippen LogP contribution >= 0.6 is 11.3 Å². The summed E-state index contributed by atoms with van der Waals surface area (Å²) in [4.78, 5) is 39.3. The lowest BCUT2D eigenvalue weighted by molar-refractivity contribution is -0.126. The molecule has 1 unspecified atom stereocenters. The van der Waals surface area contributed by atoms with Crippen molar-refractivity contribution in [3.63, 3.8) is 0 Å². The summed E-state index contributed by atoms with van der Waals surface area (Å²) in [6, 6.07) is 9.60. The van der Waals surface area contributed by atoms with E-state index in [9.17, 15) is 19.5 Å². The molecule has 3 rings (SSSR count). The van der Waals surface area contributed by atoms with E-state index in [1.807, 2.05) is 11.4 Å². The van der Waals surface area contributed by atoms with E-state index >= 15 is 0 Å². The van der Waals surface area contributed by atoms with E-state index in [4.69, 9.17) is 0 Å². The average molecular weight is 401 g/mol. The number of rotatable bonds is 6. The van der Waals surface area contributed by atoms with Crippen LogP contribution in [0.5, 0.6) is 5.75 Å². The van der Waals surface area contributed by atoms with Gasteiger partial charge in [0, 0.05) is 31.7 Å². The average Bonchev–Trinajstić information content (AvgIpc) is 3.26.